The minimum atomic E-state index is -0.724. The first kappa shape index (κ1) is 14.3. The lowest BCUT2D eigenvalue weighted by atomic mass is 9.94. The van der Waals surface area contributed by atoms with Gasteiger partial charge in [0.25, 0.3) is 0 Å². The average Bonchev–Trinajstić information content (AvgIpc) is 2.32. The summed E-state index contributed by atoms with van der Waals surface area (Å²) in [5.74, 6) is -0.211. The molecular formula is C14H18BrNO3. The summed E-state index contributed by atoms with van der Waals surface area (Å²) < 4.78 is 0.858. The van der Waals surface area contributed by atoms with Gasteiger partial charge in [0.05, 0.1) is 0 Å². The van der Waals surface area contributed by atoms with Crippen LogP contribution in [-0.2, 0) is 11.3 Å². The number of aliphatic carboxylic acids is 1. The van der Waals surface area contributed by atoms with Gasteiger partial charge in [0.2, 0.25) is 0 Å². The molecule has 1 heterocycles. The third kappa shape index (κ3) is 4.21. The second-order valence-corrected chi connectivity index (χ2v) is 6.03. The van der Waals surface area contributed by atoms with Gasteiger partial charge in [-0.1, -0.05) is 22.0 Å². The highest BCUT2D eigenvalue weighted by atomic mass is 79.9. The fourth-order valence-corrected chi connectivity index (χ4v) is 2.97. The summed E-state index contributed by atoms with van der Waals surface area (Å²) in [7, 11) is 0. The molecule has 4 nitrogen and oxygen atoms in total. The Kier molecular flexibility index (Phi) is 4.82. The van der Waals surface area contributed by atoms with Gasteiger partial charge in [-0.25, -0.2) is 0 Å². The predicted molar refractivity (Wildman–Crippen MR) is 76.1 cm³/mol. The minimum absolute atomic E-state index is 0.226. The number of piperidine rings is 1. The number of aromatic hydroxyl groups is 1. The van der Waals surface area contributed by atoms with Crippen LogP contribution >= 0.6 is 15.9 Å². The molecule has 0 spiro atoms. The Hall–Kier alpha value is -1.07. The summed E-state index contributed by atoms with van der Waals surface area (Å²) in [5.41, 5.74) is 0.888. The molecule has 2 rings (SSSR count). The lowest BCUT2D eigenvalue weighted by Gasteiger charge is -2.32. The molecule has 1 aliphatic rings. The van der Waals surface area contributed by atoms with Gasteiger partial charge in [0.1, 0.15) is 5.75 Å². The van der Waals surface area contributed by atoms with E-state index >= 15 is 0 Å². The molecule has 1 saturated heterocycles. The average molecular weight is 328 g/mol. The number of halogens is 1. The zero-order valence-corrected chi connectivity index (χ0v) is 12.3. The highest BCUT2D eigenvalue weighted by Gasteiger charge is 2.22. The largest absolute Gasteiger partial charge is 0.508 e. The van der Waals surface area contributed by atoms with Gasteiger partial charge in [-0.2, -0.15) is 0 Å². The molecule has 0 bridgehead atoms. The minimum Gasteiger partial charge on any atom is -0.508 e. The number of hydrogen-bond acceptors (Lipinski definition) is 3. The Morgan fingerprint density at radius 1 is 1.47 bits per heavy atom. The summed E-state index contributed by atoms with van der Waals surface area (Å²) in [5, 5.41) is 18.7. The Bertz CT molecular complexity index is 464. The number of benzene rings is 1. The first-order valence-electron chi connectivity index (χ1n) is 6.46. The van der Waals surface area contributed by atoms with Crippen LogP contribution in [0.2, 0.25) is 0 Å². The van der Waals surface area contributed by atoms with Crippen LogP contribution in [0.15, 0.2) is 22.7 Å². The van der Waals surface area contributed by atoms with Crippen molar-refractivity contribution in [2.75, 3.05) is 13.1 Å². The van der Waals surface area contributed by atoms with Crippen LogP contribution in [0.3, 0.4) is 0 Å². The lowest BCUT2D eigenvalue weighted by Crippen LogP contribution is -2.35. The summed E-state index contributed by atoms with van der Waals surface area (Å²) in [6.45, 7) is 2.43. The Balaban J connectivity index is 1.96. The van der Waals surface area contributed by atoms with Crippen molar-refractivity contribution in [3.8, 4) is 5.75 Å². The first-order chi connectivity index (χ1) is 9.04. The summed E-state index contributed by atoms with van der Waals surface area (Å²) in [4.78, 5) is 13.0. The van der Waals surface area contributed by atoms with E-state index in [1.807, 2.05) is 12.1 Å². The van der Waals surface area contributed by atoms with Crippen LogP contribution in [0.4, 0.5) is 0 Å². The van der Waals surface area contributed by atoms with Crippen LogP contribution in [0.25, 0.3) is 0 Å². The topological polar surface area (TPSA) is 60.8 Å². The molecule has 0 amide bonds. The molecule has 1 aliphatic heterocycles. The van der Waals surface area contributed by atoms with Crippen molar-refractivity contribution in [3.05, 3.63) is 28.2 Å². The maximum atomic E-state index is 10.8. The first-order valence-corrected chi connectivity index (χ1v) is 7.25. The fourth-order valence-electron chi connectivity index (χ4n) is 2.62. The van der Waals surface area contributed by atoms with E-state index in [0.717, 1.165) is 36.0 Å². The molecule has 1 aromatic rings. The van der Waals surface area contributed by atoms with E-state index in [2.05, 4.69) is 20.8 Å². The number of rotatable bonds is 4. The Morgan fingerprint density at radius 2 is 2.26 bits per heavy atom. The number of carboxylic acid groups (broad SMARTS) is 1. The van der Waals surface area contributed by atoms with Crippen molar-refractivity contribution in [2.45, 2.75) is 25.8 Å². The molecule has 1 aromatic carbocycles. The van der Waals surface area contributed by atoms with Gasteiger partial charge in [0.15, 0.2) is 0 Å². The SMILES string of the molecule is O=C(O)CC1CCCN(Cc2ccc(Br)cc2O)C1. The molecule has 0 radical (unpaired) electrons. The molecule has 19 heavy (non-hydrogen) atoms. The zero-order valence-electron chi connectivity index (χ0n) is 10.7. The fraction of sp³-hybridized carbons (Fsp3) is 0.500. The Morgan fingerprint density at radius 3 is 2.95 bits per heavy atom. The maximum Gasteiger partial charge on any atom is 0.303 e. The molecule has 1 unspecified atom stereocenters. The third-order valence-corrected chi connectivity index (χ3v) is 4.00. The third-order valence-electron chi connectivity index (χ3n) is 3.51. The predicted octanol–water partition coefficient (Wildman–Crippen LogP) is 2.84. The molecular weight excluding hydrogens is 310 g/mol. The number of phenolic OH excluding ortho intramolecular Hbond substituents is 1. The van der Waals surface area contributed by atoms with Crippen LogP contribution < -0.4 is 0 Å². The van der Waals surface area contributed by atoms with E-state index in [1.165, 1.54) is 0 Å². The van der Waals surface area contributed by atoms with Crippen molar-refractivity contribution >= 4 is 21.9 Å². The van der Waals surface area contributed by atoms with Gasteiger partial charge in [-0.3, -0.25) is 9.69 Å². The quantitative estimate of drug-likeness (QED) is 0.892. The molecule has 0 aromatic heterocycles. The van der Waals surface area contributed by atoms with Gasteiger partial charge in [-0.05, 0) is 37.4 Å². The second-order valence-electron chi connectivity index (χ2n) is 5.11. The van der Waals surface area contributed by atoms with Crippen LogP contribution in [0.1, 0.15) is 24.8 Å². The number of phenols is 1. The van der Waals surface area contributed by atoms with E-state index in [9.17, 15) is 9.90 Å². The molecule has 0 aliphatic carbocycles. The smallest absolute Gasteiger partial charge is 0.303 e. The van der Waals surface area contributed by atoms with Crippen molar-refractivity contribution in [2.24, 2.45) is 5.92 Å². The highest BCUT2D eigenvalue weighted by molar-refractivity contribution is 9.10. The molecule has 1 fully saturated rings. The standard InChI is InChI=1S/C14H18BrNO3/c15-12-4-3-11(13(17)7-12)9-16-5-1-2-10(8-16)6-14(18)19/h3-4,7,10,17H,1-2,5-6,8-9H2,(H,18,19). The van der Waals surface area contributed by atoms with Crippen molar-refractivity contribution in [1.82, 2.24) is 4.90 Å². The lowest BCUT2D eigenvalue weighted by molar-refractivity contribution is -0.138. The number of carboxylic acids is 1. The van der Waals surface area contributed by atoms with Crippen molar-refractivity contribution in [1.29, 1.82) is 0 Å². The van der Waals surface area contributed by atoms with E-state index < -0.39 is 5.97 Å². The van der Waals surface area contributed by atoms with E-state index in [1.54, 1.807) is 6.07 Å². The number of hydrogen-bond donors (Lipinski definition) is 2. The van der Waals surface area contributed by atoms with Crippen LogP contribution in [-0.4, -0.2) is 34.2 Å². The van der Waals surface area contributed by atoms with Crippen LogP contribution in [0, 0.1) is 5.92 Å². The van der Waals surface area contributed by atoms with Crippen molar-refractivity contribution < 1.29 is 15.0 Å². The molecule has 2 N–H and O–H groups in total. The molecule has 5 heteroatoms. The van der Waals surface area contributed by atoms with Gasteiger partial charge in [0, 0.05) is 29.5 Å². The van der Waals surface area contributed by atoms with E-state index in [4.69, 9.17) is 5.11 Å². The van der Waals surface area contributed by atoms with Gasteiger partial charge >= 0.3 is 5.97 Å². The number of nitrogens with zero attached hydrogens (tertiary/aromatic N) is 1. The summed E-state index contributed by atoms with van der Waals surface area (Å²) in [6.07, 6.45) is 2.24. The normalized spacial score (nSPS) is 20.4. The molecule has 1 atom stereocenters. The van der Waals surface area contributed by atoms with E-state index in [-0.39, 0.29) is 18.1 Å². The van der Waals surface area contributed by atoms with E-state index in [0.29, 0.717) is 6.54 Å². The van der Waals surface area contributed by atoms with Crippen LogP contribution in [0.5, 0.6) is 5.75 Å². The van der Waals surface area contributed by atoms with Gasteiger partial charge < -0.3 is 10.2 Å². The summed E-state index contributed by atoms with van der Waals surface area (Å²) in [6, 6.07) is 5.50. The van der Waals surface area contributed by atoms with Gasteiger partial charge in [-0.15, -0.1) is 0 Å². The molecule has 104 valence electrons. The zero-order chi connectivity index (χ0) is 13.8. The summed E-state index contributed by atoms with van der Waals surface area (Å²) >= 11 is 3.32. The Labute approximate surface area is 121 Å². The maximum absolute atomic E-state index is 10.8. The monoisotopic (exact) mass is 327 g/mol. The second kappa shape index (κ2) is 6.39. The number of likely N-dealkylation sites (tertiary alicyclic amines) is 1. The highest BCUT2D eigenvalue weighted by Crippen LogP contribution is 2.26. The van der Waals surface area contributed by atoms with Crippen molar-refractivity contribution in [3.63, 3.8) is 0 Å². The number of carbonyl (C=O) groups is 1. The molecule has 0 saturated carbocycles.